The predicted octanol–water partition coefficient (Wildman–Crippen LogP) is 0.929. The largest absolute Gasteiger partial charge is 0.367 e. The third-order valence-electron chi connectivity index (χ3n) is 3.28. The van der Waals surface area contributed by atoms with Crippen LogP contribution in [-0.2, 0) is 0 Å². The van der Waals surface area contributed by atoms with Crippen LogP contribution in [0, 0.1) is 10.1 Å². The van der Waals surface area contributed by atoms with Gasteiger partial charge in [-0.3, -0.25) is 10.1 Å². The van der Waals surface area contributed by atoms with E-state index in [1.54, 1.807) is 6.07 Å². The van der Waals surface area contributed by atoms with E-state index in [0.29, 0.717) is 11.6 Å². The van der Waals surface area contributed by atoms with Crippen LogP contribution in [0.2, 0.25) is 0 Å². The standard InChI is InChI=1S/C11H13N5O3/c1-7-6-15(5-4-12-7)8-2-3-9(16(17)18)11-10(8)13-19-14-11/h2-3,7,12H,4-6H2,1H3/t7-/m0/s1. The zero-order chi connectivity index (χ0) is 13.4. The van der Waals surface area contributed by atoms with Crippen molar-refractivity contribution < 1.29 is 9.55 Å². The minimum Gasteiger partial charge on any atom is -0.367 e. The van der Waals surface area contributed by atoms with Crippen molar-refractivity contribution in [1.29, 1.82) is 0 Å². The third kappa shape index (κ3) is 1.99. The number of hydrogen-bond donors (Lipinski definition) is 1. The number of nitro groups is 1. The first-order chi connectivity index (χ1) is 9.16. The van der Waals surface area contributed by atoms with Gasteiger partial charge in [-0.15, -0.1) is 0 Å². The van der Waals surface area contributed by atoms with Crippen molar-refractivity contribution in [1.82, 2.24) is 15.6 Å². The Kier molecular flexibility index (Phi) is 2.79. The molecule has 0 amide bonds. The Balaban J connectivity index is 2.07. The quantitative estimate of drug-likeness (QED) is 0.635. The van der Waals surface area contributed by atoms with Gasteiger partial charge in [-0.1, -0.05) is 0 Å². The van der Waals surface area contributed by atoms with Gasteiger partial charge in [0.05, 0.1) is 10.6 Å². The number of nitrogens with zero attached hydrogens (tertiary/aromatic N) is 4. The molecule has 0 spiro atoms. The van der Waals surface area contributed by atoms with Gasteiger partial charge in [0.2, 0.25) is 5.52 Å². The number of fused-ring (bicyclic) bond motifs is 1. The summed E-state index contributed by atoms with van der Waals surface area (Å²) in [7, 11) is 0. The fraction of sp³-hybridized carbons (Fsp3) is 0.455. The maximum atomic E-state index is 10.9. The average Bonchev–Trinajstić information content (AvgIpc) is 2.86. The maximum Gasteiger partial charge on any atom is 0.300 e. The van der Waals surface area contributed by atoms with Crippen LogP contribution < -0.4 is 10.2 Å². The first-order valence-corrected chi connectivity index (χ1v) is 6.05. The SMILES string of the molecule is C[C@H]1CN(c2ccc([N+](=O)[O-])c3nonc23)CCN1. The summed E-state index contributed by atoms with van der Waals surface area (Å²) >= 11 is 0. The van der Waals surface area contributed by atoms with Crippen LogP contribution in [0.15, 0.2) is 16.8 Å². The van der Waals surface area contributed by atoms with E-state index in [0.717, 1.165) is 25.3 Å². The molecule has 8 nitrogen and oxygen atoms in total. The van der Waals surface area contributed by atoms with Gasteiger partial charge < -0.3 is 10.2 Å². The number of hydrogen-bond acceptors (Lipinski definition) is 7. The summed E-state index contributed by atoms with van der Waals surface area (Å²) in [5.41, 5.74) is 1.40. The molecule has 1 fully saturated rings. The third-order valence-corrected chi connectivity index (χ3v) is 3.28. The van der Waals surface area contributed by atoms with Gasteiger partial charge in [0.25, 0.3) is 0 Å². The molecule has 0 saturated carbocycles. The second kappa shape index (κ2) is 4.47. The molecule has 0 bridgehead atoms. The van der Waals surface area contributed by atoms with Crippen molar-refractivity contribution in [2.45, 2.75) is 13.0 Å². The highest BCUT2D eigenvalue weighted by Gasteiger charge is 2.24. The molecular weight excluding hydrogens is 250 g/mol. The molecule has 1 aliphatic rings. The summed E-state index contributed by atoms with van der Waals surface area (Å²) in [6.45, 7) is 4.60. The lowest BCUT2D eigenvalue weighted by Crippen LogP contribution is -2.49. The molecule has 1 aromatic carbocycles. The Hall–Kier alpha value is -2.22. The fourth-order valence-corrected chi connectivity index (χ4v) is 2.39. The molecule has 3 rings (SSSR count). The molecule has 1 aromatic heterocycles. The zero-order valence-electron chi connectivity index (χ0n) is 10.4. The number of nitro benzene ring substituents is 1. The van der Waals surface area contributed by atoms with Gasteiger partial charge in [0, 0.05) is 31.7 Å². The number of piperazine rings is 1. The Bertz CT molecular complexity index is 626. The topological polar surface area (TPSA) is 97.3 Å². The van der Waals surface area contributed by atoms with Crippen LogP contribution >= 0.6 is 0 Å². The number of nitrogens with one attached hydrogen (secondary N) is 1. The number of non-ortho nitro benzene ring substituents is 1. The van der Waals surface area contributed by atoms with E-state index < -0.39 is 4.92 Å². The molecule has 19 heavy (non-hydrogen) atoms. The first kappa shape index (κ1) is 11.8. The van der Waals surface area contributed by atoms with E-state index in [4.69, 9.17) is 0 Å². The minimum absolute atomic E-state index is 0.0804. The van der Waals surface area contributed by atoms with Crippen LogP contribution in [0.5, 0.6) is 0 Å². The molecule has 100 valence electrons. The molecule has 8 heteroatoms. The maximum absolute atomic E-state index is 10.9. The van der Waals surface area contributed by atoms with Gasteiger partial charge in [0.15, 0.2) is 5.52 Å². The number of rotatable bonds is 2. The van der Waals surface area contributed by atoms with Crippen LogP contribution in [0.3, 0.4) is 0 Å². The average molecular weight is 263 g/mol. The molecule has 1 aliphatic heterocycles. The van der Waals surface area contributed by atoms with Gasteiger partial charge in [-0.25, -0.2) is 4.63 Å². The fourth-order valence-electron chi connectivity index (χ4n) is 2.39. The van der Waals surface area contributed by atoms with Crippen molar-refractivity contribution in [2.75, 3.05) is 24.5 Å². The van der Waals surface area contributed by atoms with Crippen LogP contribution in [0.1, 0.15) is 6.92 Å². The van der Waals surface area contributed by atoms with Gasteiger partial charge in [-0.05, 0) is 23.3 Å². The van der Waals surface area contributed by atoms with Crippen molar-refractivity contribution in [3.05, 3.63) is 22.2 Å². The Morgan fingerprint density at radius 2 is 2.26 bits per heavy atom. The number of benzene rings is 1. The van der Waals surface area contributed by atoms with Gasteiger partial charge in [-0.2, -0.15) is 0 Å². The van der Waals surface area contributed by atoms with Gasteiger partial charge in [0.1, 0.15) is 0 Å². The summed E-state index contributed by atoms with van der Waals surface area (Å²) in [6, 6.07) is 3.52. The summed E-state index contributed by atoms with van der Waals surface area (Å²) in [6.07, 6.45) is 0. The van der Waals surface area contributed by atoms with Crippen LogP contribution in [0.4, 0.5) is 11.4 Å². The molecule has 1 N–H and O–H groups in total. The van der Waals surface area contributed by atoms with E-state index in [9.17, 15) is 10.1 Å². The summed E-state index contributed by atoms with van der Waals surface area (Å²) in [4.78, 5) is 12.6. The predicted molar refractivity (Wildman–Crippen MR) is 68.1 cm³/mol. The zero-order valence-corrected chi connectivity index (χ0v) is 10.4. The van der Waals surface area contributed by atoms with Crippen LogP contribution in [0.25, 0.3) is 11.0 Å². The molecule has 1 atom stereocenters. The molecular formula is C11H13N5O3. The Morgan fingerprint density at radius 3 is 3.00 bits per heavy atom. The lowest BCUT2D eigenvalue weighted by atomic mass is 10.1. The molecule has 0 unspecified atom stereocenters. The first-order valence-electron chi connectivity index (χ1n) is 6.05. The van der Waals surface area contributed by atoms with Crippen LogP contribution in [-0.4, -0.2) is 40.9 Å². The van der Waals surface area contributed by atoms with E-state index in [1.165, 1.54) is 6.07 Å². The van der Waals surface area contributed by atoms with E-state index in [2.05, 4.69) is 32.1 Å². The molecule has 1 saturated heterocycles. The highest BCUT2D eigenvalue weighted by atomic mass is 16.6. The van der Waals surface area contributed by atoms with Crippen molar-refractivity contribution >= 4 is 22.4 Å². The normalized spacial score (nSPS) is 19.8. The van der Waals surface area contributed by atoms with E-state index in [1.807, 2.05) is 0 Å². The Morgan fingerprint density at radius 1 is 1.47 bits per heavy atom. The summed E-state index contributed by atoms with van der Waals surface area (Å²) < 4.78 is 4.67. The lowest BCUT2D eigenvalue weighted by molar-refractivity contribution is -0.383. The smallest absolute Gasteiger partial charge is 0.300 e. The lowest BCUT2D eigenvalue weighted by Gasteiger charge is -2.33. The molecule has 0 radical (unpaired) electrons. The van der Waals surface area contributed by atoms with E-state index in [-0.39, 0.29) is 11.2 Å². The molecule has 2 heterocycles. The molecule has 2 aromatic rings. The van der Waals surface area contributed by atoms with Crippen molar-refractivity contribution in [3.8, 4) is 0 Å². The minimum atomic E-state index is -0.475. The highest BCUT2D eigenvalue weighted by Crippen LogP contribution is 2.31. The van der Waals surface area contributed by atoms with Gasteiger partial charge >= 0.3 is 5.69 Å². The number of anilines is 1. The summed E-state index contributed by atoms with van der Waals surface area (Å²) in [5.74, 6) is 0. The van der Waals surface area contributed by atoms with E-state index >= 15 is 0 Å². The van der Waals surface area contributed by atoms with Crippen molar-refractivity contribution in [3.63, 3.8) is 0 Å². The highest BCUT2D eigenvalue weighted by molar-refractivity contribution is 5.93. The number of aromatic nitrogens is 2. The second-order valence-electron chi connectivity index (χ2n) is 4.62. The monoisotopic (exact) mass is 263 g/mol. The Labute approximate surface area is 108 Å². The second-order valence-corrected chi connectivity index (χ2v) is 4.62. The molecule has 0 aliphatic carbocycles. The van der Waals surface area contributed by atoms with Crippen molar-refractivity contribution in [2.24, 2.45) is 0 Å². The summed E-state index contributed by atoms with van der Waals surface area (Å²) in [5, 5.41) is 21.7.